The second-order valence-electron chi connectivity index (χ2n) is 8.76. The molecule has 0 saturated heterocycles. The SMILES string of the molecule is COc1ccc(Cn2nnnc2-c2ccc(-c3nn(S(=O)(=O)c4cccc(Cl)c4)c4ccccc34)cc2)cc1. The predicted molar refractivity (Wildman–Crippen MR) is 148 cm³/mol. The molecule has 2 heterocycles. The van der Waals surface area contributed by atoms with E-state index in [2.05, 4.69) is 20.6 Å². The largest absolute Gasteiger partial charge is 0.497 e. The van der Waals surface area contributed by atoms with Gasteiger partial charge in [-0.25, -0.2) is 4.68 Å². The number of fused-ring (bicyclic) bond motifs is 1. The number of benzene rings is 4. The monoisotopic (exact) mass is 556 g/mol. The average Bonchev–Trinajstić information content (AvgIpc) is 3.59. The first-order chi connectivity index (χ1) is 18.9. The standard InChI is InChI=1S/C28H21ClN6O3S/c1-38-23-15-9-19(10-16-23)18-34-28(30-32-33-34)21-13-11-20(12-14-21)27-25-7-2-3-8-26(25)35(31-27)39(36,37)24-6-4-5-22(29)17-24/h2-17H,18H2,1H3. The molecular formula is C28H21ClN6O3S. The summed E-state index contributed by atoms with van der Waals surface area (Å²) in [6, 6.07) is 28.6. The minimum Gasteiger partial charge on any atom is -0.497 e. The van der Waals surface area contributed by atoms with Gasteiger partial charge in [-0.3, -0.25) is 0 Å². The number of ether oxygens (including phenoxy) is 1. The molecule has 0 amide bonds. The first-order valence-electron chi connectivity index (χ1n) is 11.9. The average molecular weight is 557 g/mol. The molecule has 0 aliphatic carbocycles. The van der Waals surface area contributed by atoms with Gasteiger partial charge in [0.1, 0.15) is 11.4 Å². The van der Waals surface area contributed by atoms with E-state index >= 15 is 0 Å². The third-order valence-electron chi connectivity index (χ3n) is 6.32. The van der Waals surface area contributed by atoms with E-state index in [-0.39, 0.29) is 4.90 Å². The lowest BCUT2D eigenvalue weighted by atomic mass is 10.1. The number of hydrogen-bond acceptors (Lipinski definition) is 7. The maximum atomic E-state index is 13.5. The Labute approximate surface area is 229 Å². The molecule has 0 saturated carbocycles. The Morgan fingerprint density at radius 3 is 2.36 bits per heavy atom. The first-order valence-corrected chi connectivity index (χ1v) is 13.7. The van der Waals surface area contributed by atoms with Gasteiger partial charge in [-0.15, -0.1) is 5.10 Å². The van der Waals surface area contributed by atoms with Crippen LogP contribution in [0.3, 0.4) is 0 Å². The molecule has 0 radical (unpaired) electrons. The minimum atomic E-state index is -3.98. The molecule has 4 aromatic carbocycles. The summed E-state index contributed by atoms with van der Waals surface area (Å²) < 4.78 is 35.0. The number of para-hydroxylation sites is 1. The molecule has 0 fully saturated rings. The summed E-state index contributed by atoms with van der Waals surface area (Å²) in [5.41, 5.74) is 3.61. The Balaban J connectivity index is 1.35. The van der Waals surface area contributed by atoms with Crippen molar-refractivity contribution in [2.24, 2.45) is 0 Å². The van der Waals surface area contributed by atoms with Crippen molar-refractivity contribution < 1.29 is 13.2 Å². The van der Waals surface area contributed by atoms with Crippen LogP contribution in [0.5, 0.6) is 5.75 Å². The van der Waals surface area contributed by atoms with Crippen molar-refractivity contribution in [1.29, 1.82) is 0 Å². The van der Waals surface area contributed by atoms with Crippen LogP contribution in [0.25, 0.3) is 33.5 Å². The van der Waals surface area contributed by atoms with Gasteiger partial charge in [0.15, 0.2) is 5.82 Å². The highest BCUT2D eigenvalue weighted by molar-refractivity contribution is 7.90. The molecule has 6 aromatic rings. The van der Waals surface area contributed by atoms with Crippen molar-refractivity contribution in [3.63, 3.8) is 0 Å². The number of tetrazole rings is 1. The number of hydrogen-bond donors (Lipinski definition) is 0. The Bertz CT molecular complexity index is 1900. The maximum absolute atomic E-state index is 13.5. The second kappa shape index (κ2) is 9.97. The number of nitrogens with zero attached hydrogens (tertiary/aromatic N) is 6. The lowest BCUT2D eigenvalue weighted by Crippen LogP contribution is -2.14. The number of methoxy groups -OCH3 is 1. The topological polar surface area (TPSA) is 105 Å². The van der Waals surface area contributed by atoms with Crippen molar-refractivity contribution >= 4 is 32.5 Å². The van der Waals surface area contributed by atoms with Crippen molar-refractivity contribution in [2.75, 3.05) is 7.11 Å². The van der Waals surface area contributed by atoms with Crippen LogP contribution in [0, 0.1) is 0 Å². The Kier molecular flexibility index (Phi) is 6.34. The lowest BCUT2D eigenvalue weighted by molar-refractivity contribution is 0.414. The van der Waals surface area contributed by atoms with Gasteiger partial charge in [-0.1, -0.05) is 72.3 Å². The molecule has 0 bridgehead atoms. The van der Waals surface area contributed by atoms with E-state index < -0.39 is 10.0 Å². The summed E-state index contributed by atoms with van der Waals surface area (Å²) in [6.07, 6.45) is 0. The molecule has 2 aromatic heterocycles. The fourth-order valence-electron chi connectivity index (χ4n) is 4.36. The van der Waals surface area contributed by atoms with E-state index in [0.29, 0.717) is 34.0 Å². The number of halogens is 1. The number of aromatic nitrogens is 6. The van der Waals surface area contributed by atoms with Crippen LogP contribution in [0.15, 0.2) is 102 Å². The minimum absolute atomic E-state index is 0.0637. The molecule has 0 aliphatic heterocycles. The van der Waals surface area contributed by atoms with E-state index in [1.54, 1.807) is 36.1 Å². The van der Waals surface area contributed by atoms with Gasteiger partial charge in [-0.05, 0) is 52.4 Å². The van der Waals surface area contributed by atoms with E-state index in [0.717, 1.165) is 26.5 Å². The molecule has 0 spiro atoms. The van der Waals surface area contributed by atoms with Crippen molar-refractivity contribution in [3.05, 3.63) is 108 Å². The molecule has 6 rings (SSSR count). The van der Waals surface area contributed by atoms with Gasteiger partial charge >= 0.3 is 0 Å². The summed E-state index contributed by atoms with van der Waals surface area (Å²) in [6.45, 7) is 0.491. The van der Waals surface area contributed by atoms with Crippen LogP contribution >= 0.6 is 11.6 Å². The van der Waals surface area contributed by atoms with Crippen LogP contribution in [0.2, 0.25) is 5.02 Å². The molecule has 0 N–H and O–H groups in total. The maximum Gasteiger partial charge on any atom is 0.283 e. The fraction of sp³-hybridized carbons (Fsp3) is 0.0714. The summed E-state index contributed by atoms with van der Waals surface area (Å²) in [5, 5.41) is 17.8. The van der Waals surface area contributed by atoms with Gasteiger partial charge in [0, 0.05) is 21.5 Å². The van der Waals surface area contributed by atoms with E-state index in [1.807, 2.05) is 60.7 Å². The molecule has 9 nitrogen and oxygen atoms in total. The zero-order valence-corrected chi connectivity index (χ0v) is 22.2. The van der Waals surface area contributed by atoms with Gasteiger partial charge < -0.3 is 4.74 Å². The third-order valence-corrected chi connectivity index (χ3v) is 8.14. The van der Waals surface area contributed by atoms with E-state index in [9.17, 15) is 8.42 Å². The fourth-order valence-corrected chi connectivity index (χ4v) is 5.95. The van der Waals surface area contributed by atoms with Gasteiger partial charge in [0.25, 0.3) is 10.0 Å². The summed E-state index contributed by atoms with van der Waals surface area (Å²) in [4.78, 5) is 0.0637. The summed E-state index contributed by atoms with van der Waals surface area (Å²) in [5.74, 6) is 1.39. The quantitative estimate of drug-likeness (QED) is 0.262. The molecule has 39 heavy (non-hydrogen) atoms. The van der Waals surface area contributed by atoms with Crippen molar-refractivity contribution in [2.45, 2.75) is 11.4 Å². The molecule has 0 atom stereocenters. The zero-order chi connectivity index (χ0) is 27.0. The molecular weight excluding hydrogens is 536 g/mol. The van der Waals surface area contributed by atoms with Crippen molar-refractivity contribution in [3.8, 4) is 28.4 Å². The van der Waals surface area contributed by atoms with Crippen LogP contribution in [-0.2, 0) is 16.6 Å². The van der Waals surface area contributed by atoms with E-state index in [4.69, 9.17) is 16.3 Å². The highest BCUT2D eigenvalue weighted by atomic mass is 35.5. The van der Waals surface area contributed by atoms with Crippen molar-refractivity contribution in [1.82, 2.24) is 29.4 Å². The molecule has 0 aliphatic rings. The highest BCUT2D eigenvalue weighted by Crippen LogP contribution is 2.32. The molecule has 11 heteroatoms. The van der Waals surface area contributed by atoms with Gasteiger partial charge in [0.05, 0.1) is 24.1 Å². The zero-order valence-electron chi connectivity index (χ0n) is 20.6. The second-order valence-corrected chi connectivity index (χ2v) is 11.0. The normalized spacial score (nSPS) is 11.6. The Hall–Kier alpha value is -4.54. The molecule has 0 unspecified atom stereocenters. The lowest BCUT2D eigenvalue weighted by Gasteiger charge is -2.07. The summed E-state index contributed by atoms with van der Waals surface area (Å²) in [7, 11) is -2.35. The Morgan fingerprint density at radius 2 is 1.62 bits per heavy atom. The van der Waals surface area contributed by atoms with Gasteiger partial charge in [-0.2, -0.15) is 17.6 Å². The Morgan fingerprint density at radius 1 is 0.872 bits per heavy atom. The van der Waals surface area contributed by atoms with Crippen LogP contribution in [0.4, 0.5) is 0 Å². The third kappa shape index (κ3) is 4.64. The predicted octanol–water partition coefficient (Wildman–Crippen LogP) is 5.30. The van der Waals surface area contributed by atoms with Crippen LogP contribution in [0.1, 0.15) is 5.56 Å². The van der Waals surface area contributed by atoms with Gasteiger partial charge in [0.2, 0.25) is 0 Å². The van der Waals surface area contributed by atoms with Crippen LogP contribution < -0.4 is 4.74 Å². The summed E-state index contributed by atoms with van der Waals surface area (Å²) >= 11 is 6.07. The highest BCUT2D eigenvalue weighted by Gasteiger charge is 2.24. The number of rotatable bonds is 7. The molecule has 194 valence electrons. The smallest absolute Gasteiger partial charge is 0.283 e. The first kappa shape index (κ1) is 24.8. The van der Waals surface area contributed by atoms with Crippen LogP contribution in [-0.4, -0.2) is 44.9 Å². The van der Waals surface area contributed by atoms with E-state index in [1.165, 1.54) is 12.1 Å².